The van der Waals surface area contributed by atoms with E-state index in [-0.39, 0.29) is 23.6 Å². The van der Waals surface area contributed by atoms with Gasteiger partial charge in [0.1, 0.15) is 11.6 Å². The summed E-state index contributed by atoms with van der Waals surface area (Å²) in [7, 11) is 1.32. The van der Waals surface area contributed by atoms with E-state index in [1.165, 1.54) is 25.3 Å². The molecule has 0 saturated heterocycles. The molecule has 2 rings (SSSR count). The van der Waals surface area contributed by atoms with Crippen molar-refractivity contribution in [2.45, 2.75) is 6.54 Å². The standard InChI is InChI=1S/C18H14BrN3O4/c1-26-17-15(19)8-13(9-16(17)22(24)25)7-14(10-20)18(23)21-11-12-5-3-2-4-6-12/h2-9H,11H2,1H3,(H,21,23)/b14-7-. The zero-order valence-corrected chi connectivity index (χ0v) is 15.3. The third kappa shape index (κ3) is 4.68. The summed E-state index contributed by atoms with van der Waals surface area (Å²) in [5.41, 5.74) is 0.791. The Morgan fingerprint density at radius 1 is 1.38 bits per heavy atom. The van der Waals surface area contributed by atoms with Crippen LogP contribution < -0.4 is 10.1 Å². The van der Waals surface area contributed by atoms with Gasteiger partial charge in [0.25, 0.3) is 5.91 Å². The number of hydrogen-bond acceptors (Lipinski definition) is 5. The molecule has 132 valence electrons. The van der Waals surface area contributed by atoms with E-state index in [1.807, 2.05) is 36.4 Å². The number of carbonyl (C=O) groups excluding carboxylic acids is 1. The molecule has 8 heteroatoms. The van der Waals surface area contributed by atoms with Gasteiger partial charge in [-0.25, -0.2) is 0 Å². The fourth-order valence-electron chi connectivity index (χ4n) is 2.21. The largest absolute Gasteiger partial charge is 0.489 e. The van der Waals surface area contributed by atoms with Crippen LogP contribution >= 0.6 is 15.9 Å². The number of halogens is 1. The van der Waals surface area contributed by atoms with Crippen LogP contribution in [0.2, 0.25) is 0 Å². The molecule has 0 heterocycles. The van der Waals surface area contributed by atoms with Crippen molar-refractivity contribution in [3.8, 4) is 11.8 Å². The second-order valence-corrected chi connectivity index (χ2v) is 6.00. The number of amides is 1. The van der Waals surface area contributed by atoms with E-state index in [4.69, 9.17) is 4.74 Å². The first-order valence-electron chi connectivity index (χ1n) is 7.42. The summed E-state index contributed by atoms with van der Waals surface area (Å²) in [5.74, 6) is -0.495. The first kappa shape index (κ1) is 19.1. The second kappa shape index (κ2) is 8.78. The van der Waals surface area contributed by atoms with Crippen LogP contribution in [0.3, 0.4) is 0 Å². The topological polar surface area (TPSA) is 105 Å². The van der Waals surface area contributed by atoms with Crippen molar-refractivity contribution < 1.29 is 14.5 Å². The number of rotatable bonds is 6. The maximum Gasteiger partial charge on any atom is 0.312 e. The molecule has 1 amide bonds. The summed E-state index contributed by atoms with van der Waals surface area (Å²) in [4.78, 5) is 22.8. The third-order valence-electron chi connectivity index (χ3n) is 3.42. The van der Waals surface area contributed by atoms with Gasteiger partial charge in [0.15, 0.2) is 0 Å². The van der Waals surface area contributed by atoms with Crippen LogP contribution in [0.4, 0.5) is 5.69 Å². The summed E-state index contributed by atoms with van der Waals surface area (Å²) >= 11 is 3.19. The number of nitrogens with zero attached hydrogens (tertiary/aromatic N) is 2. The molecule has 0 bridgehead atoms. The van der Waals surface area contributed by atoms with Gasteiger partial charge in [-0.1, -0.05) is 30.3 Å². The van der Waals surface area contributed by atoms with Gasteiger partial charge in [0.05, 0.1) is 16.5 Å². The Labute approximate surface area is 158 Å². The van der Waals surface area contributed by atoms with Crippen LogP contribution in [0.15, 0.2) is 52.5 Å². The van der Waals surface area contributed by atoms with Gasteiger partial charge in [-0.2, -0.15) is 5.26 Å². The predicted molar refractivity (Wildman–Crippen MR) is 99.2 cm³/mol. The second-order valence-electron chi connectivity index (χ2n) is 5.15. The van der Waals surface area contributed by atoms with Crippen molar-refractivity contribution in [2.75, 3.05) is 7.11 Å². The molecule has 0 aliphatic rings. The highest BCUT2D eigenvalue weighted by Gasteiger charge is 2.19. The minimum Gasteiger partial charge on any atom is -0.489 e. The number of nitro groups is 1. The number of ether oxygens (including phenoxy) is 1. The summed E-state index contributed by atoms with van der Waals surface area (Å²) in [5, 5.41) is 23.1. The molecule has 0 saturated carbocycles. The Bertz CT molecular complexity index is 905. The number of nitrogens with one attached hydrogen (secondary N) is 1. The average Bonchev–Trinajstić information content (AvgIpc) is 2.64. The lowest BCUT2D eigenvalue weighted by Gasteiger charge is -2.07. The minimum atomic E-state index is -0.595. The van der Waals surface area contributed by atoms with Gasteiger partial charge < -0.3 is 10.1 Å². The van der Waals surface area contributed by atoms with Crippen molar-refractivity contribution in [3.05, 3.63) is 73.8 Å². The Kier molecular flexibility index (Phi) is 6.47. The van der Waals surface area contributed by atoms with Gasteiger partial charge in [0, 0.05) is 12.6 Å². The molecule has 2 aromatic carbocycles. The zero-order valence-electron chi connectivity index (χ0n) is 13.7. The van der Waals surface area contributed by atoms with E-state index < -0.39 is 10.8 Å². The van der Waals surface area contributed by atoms with E-state index in [1.54, 1.807) is 0 Å². The van der Waals surface area contributed by atoms with Gasteiger partial charge in [0.2, 0.25) is 5.75 Å². The van der Waals surface area contributed by atoms with Crippen LogP contribution in [0.25, 0.3) is 6.08 Å². The van der Waals surface area contributed by atoms with Gasteiger partial charge in [-0.3, -0.25) is 14.9 Å². The molecule has 0 atom stereocenters. The number of nitro benzene ring substituents is 1. The first-order chi connectivity index (χ1) is 12.5. The van der Waals surface area contributed by atoms with Crippen LogP contribution in [0.1, 0.15) is 11.1 Å². The van der Waals surface area contributed by atoms with Gasteiger partial charge >= 0.3 is 5.69 Å². The summed E-state index contributed by atoms with van der Waals surface area (Å²) < 4.78 is 5.35. The number of carbonyl (C=O) groups is 1. The van der Waals surface area contributed by atoms with E-state index in [9.17, 15) is 20.2 Å². The maximum atomic E-state index is 12.2. The van der Waals surface area contributed by atoms with Crippen molar-refractivity contribution in [3.63, 3.8) is 0 Å². The fraction of sp³-hybridized carbons (Fsp3) is 0.111. The Morgan fingerprint density at radius 3 is 2.65 bits per heavy atom. The zero-order chi connectivity index (χ0) is 19.1. The lowest BCUT2D eigenvalue weighted by atomic mass is 10.1. The molecule has 26 heavy (non-hydrogen) atoms. The van der Waals surface area contributed by atoms with E-state index in [0.29, 0.717) is 10.0 Å². The molecule has 0 unspecified atom stereocenters. The van der Waals surface area contributed by atoms with Crippen molar-refractivity contribution in [1.29, 1.82) is 5.26 Å². The van der Waals surface area contributed by atoms with E-state index in [0.717, 1.165) is 5.56 Å². The Balaban J connectivity index is 2.26. The molecular formula is C18H14BrN3O4. The monoisotopic (exact) mass is 415 g/mol. The molecule has 0 aliphatic carbocycles. The van der Waals surface area contributed by atoms with E-state index in [2.05, 4.69) is 21.2 Å². The molecular weight excluding hydrogens is 402 g/mol. The highest BCUT2D eigenvalue weighted by Crippen LogP contribution is 2.36. The number of benzene rings is 2. The highest BCUT2D eigenvalue weighted by molar-refractivity contribution is 9.10. The SMILES string of the molecule is COc1c(Br)cc(/C=C(/C#N)C(=O)NCc2ccccc2)cc1[N+](=O)[O-]. The molecule has 0 radical (unpaired) electrons. The maximum absolute atomic E-state index is 12.2. The molecule has 7 nitrogen and oxygen atoms in total. The quantitative estimate of drug-likeness (QED) is 0.335. The minimum absolute atomic E-state index is 0.0687. The Hall–Kier alpha value is -3.18. The summed E-state index contributed by atoms with van der Waals surface area (Å²) in [6.45, 7) is 0.269. The average molecular weight is 416 g/mol. The van der Waals surface area contributed by atoms with Crippen LogP contribution in [0, 0.1) is 21.4 Å². The third-order valence-corrected chi connectivity index (χ3v) is 4.01. The Morgan fingerprint density at radius 2 is 2.08 bits per heavy atom. The fourth-order valence-corrected chi connectivity index (χ4v) is 2.84. The van der Waals surface area contributed by atoms with Crippen LogP contribution in [0.5, 0.6) is 5.75 Å². The van der Waals surface area contributed by atoms with Crippen molar-refractivity contribution >= 4 is 33.6 Å². The number of methoxy groups -OCH3 is 1. The van der Waals surface area contributed by atoms with E-state index >= 15 is 0 Å². The van der Waals surface area contributed by atoms with Gasteiger partial charge in [-0.15, -0.1) is 0 Å². The molecule has 0 aromatic heterocycles. The molecule has 0 spiro atoms. The lowest BCUT2D eigenvalue weighted by molar-refractivity contribution is -0.385. The molecule has 1 N–H and O–H groups in total. The molecule has 0 fully saturated rings. The van der Waals surface area contributed by atoms with Crippen LogP contribution in [-0.2, 0) is 11.3 Å². The smallest absolute Gasteiger partial charge is 0.312 e. The van der Waals surface area contributed by atoms with Crippen LogP contribution in [-0.4, -0.2) is 17.9 Å². The predicted octanol–water partition coefficient (Wildman–Crippen LogP) is 3.59. The highest BCUT2D eigenvalue weighted by atomic mass is 79.9. The van der Waals surface area contributed by atoms with Gasteiger partial charge in [-0.05, 0) is 39.2 Å². The normalized spacial score (nSPS) is 10.7. The number of nitriles is 1. The van der Waals surface area contributed by atoms with Crippen molar-refractivity contribution in [2.24, 2.45) is 0 Å². The summed E-state index contributed by atoms with van der Waals surface area (Å²) in [6.07, 6.45) is 1.29. The molecule has 0 aliphatic heterocycles. The molecule has 2 aromatic rings. The number of hydrogen-bond donors (Lipinski definition) is 1. The van der Waals surface area contributed by atoms with Crippen molar-refractivity contribution in [1.82, 2.24) is 5.32 Å². The summed E-state index contributed by atoms with van der Waals surface area (Å²) in [6, 6.07) is 13.8. The lowest BCUT2D eigenvalue weighted by Crippen LogP contribution is -2.23. The first-order valence-corrected chi connectivity index (χ1v) is 8.21.